The first-order valence-corrected chi connectivity index (χ1v) is 6.55. The predicted molar refractivity (Wildman–Crippen MR) is 17.6 cm³/mol. The average Bonchev–Trinajstić information content (AvgIpc) is 0.811. The Hall–Kier alpha value is 0.798. The van der Waals surface area contributed by atoms with Crippen molar-refractivity contribution >= 4 is 27.0 Å². The second-order valence-corrected chi connectivity index (χ2v) is 4.33. The van der Waals surface area contributed by atoms with Gasteiger partial charge < -0.3 is 0 Å². The van der Waals surface area contributed by atoms with Crippen molar-refractivity contribution in [2.24, 2.45) is 0 Å². The van der Waals surface area contributed by atoms with Crippen LogP contribution in [0.3, 0.4) is 0 Å². The zero-order valence-corrected chi connectivity index (χ0v) is 5.14. The van der Waals surface area contributed by atoms with E-state index >= 15 is 0 Å². The molecule has 0 fully saturated rings. The van der Waals surface area contributed by atoms with E-state index in [9.17, 15) is 0 Å². The molecule has 0 spiro atoms. The molecule has 4 heavy (non-hydrogen) atoms. The fourth-order valence-electron chi connectivity index (χ4n) is 0. The molecule has 1 unspecified atom stereocenters. The van der Waals surface area contributed by atoms with E-state index in [1.807, 2.05) is 0 Å². The van der Waals surface area contributed by atoms with Gasteiger partial charge in [-0.15, -0.1) is 0 Å². The van der Waals surface area contributed by atoms with Gasteiger partial charge in [0, 0.05) is 0 Å². The summed E-state index contributed by atoms with van der Waals surface area (Å²) in [5, 5.41) is 0. The summed E-state index contributed by atoms with van der Waals surface area (Å²) in [5.41, 5.74) is 0. The molecule has 0 aromatic rings. The topological polar surface area (TPSA) is 37.3 Å². The van der Waals surface area contributed by atoms with E-state index in [1.165, 1.54) is 0 Å². The Morgan fingerprint density at radius 2 is 2.00 bits per heavy atom. The zero-order chi connectivity index (χ0) is 3.58. The van der Waals surface area contributed by atoms with Gasteiger partial charge in [-0.25, -0.2) is 0 Å². The maximum atomic E-state index is 9.15. The monoisotopic (exact) mass is 187 g/mol. The number of hydrogen-bond donors (Lipinski definition) is 1. The van der Waals surface area contributed by atoms with Gasteiger partial charge in [-0.1, -0.05) is 0 Å². The van der Waals surface area contributed by atoms with Crippen LogP contribution in [0.2, 0.25) is 0 Å². The van der Waals surface area contributed by atoms with Crippen LogP contribution in [0, 0.1) is 0 Å². The third-order valence-electron chi connectivity index (χ3n) is 0. The van der Waals surface area contributed by atoms with Crippen LogP contribution in [-0.4, -0.2) is 17.2 Å². The number of rotatable bonds is 0. The molecule has 0 amide bonds. The van der Waals surface area contributed by atoms with E-state index < -0.39 is 13.1 Å². The molecule has 0 saturated carbocycles. The van der Waals surface area contributed by atoms with Crippen LogP contribution >= 0.6 is 13.9 Å². The molecular weight excluding hydrogens is 187 g/mol. The second-order valence-electron chi connectivity index (χ2n) is 0.226. The summed E-state index contributed by atoms with van der Waals surface area (Å²) in [7, 11) is 0. The Morgan fingerprint density at radius 1 is 2.00 bits per heavy atom. The van der Waals surface area contributed by atoms with Gasteiger partial charge in [-0.05, 0) is 0 Å². The minimum atomic E-state index is -2.62. The SMILES string of the molecule is O=[As](O)Br. The van der Waals surface area contributed by atoms with Crippen LogP contribution in [0.1, 0.15) is 0 Å². The second kappa shape index (κ2) is 2.06. The molecular formula is HAsBrO2. The fraction of sp³-hybridized carbons (Fsp3) is 0. The molecule has 2 nitrogen and oxygen atoms in total. The molecule has 25 valence electrons. The van der Waals surface area contributed by atoms with E-state index in [0.29, 0.717) is 0 Å². The summed E-state index contributed by atoms with van der Waals surface area (Å²) < 4.78 is 16.7. The Kier molecular flexibility index (Phi) is 2.47. The standard InChI is InChI=1S/AsBrHO2/c2-1(3)4/h(H,3,4). The van der Waals surface area contributed by atoms with Gasteiger partial charge in [0.1, 0.15) is 0 Å². The molecule has 1 atom stereocenters. The van der Waals surface area contributed by atoms with Crippen molar-refractivity contribution in [1.82, 2.24) is 0 Å². The first-order chi connectivity index (χ1) is 1.73. The van der Waals surface area contributed by atoms with Gasteiger partial charge in [0.05, 0.1) is 0 Å². The van der Waals surface area contributed by atoms with E-state index in [4.69, 9.17) is 7.84 Å². The predicted octanol–water partition coefficient (Wildman–Crippen LogP) is -0.211. The van der Waals surface area contributed by atoms with Gasteiger partial charge in [-0.2, -0.15) is 0 Å². The van der Waals surface area contributed by atoms with Crippen molar-refractivity contribution in [1.29, 1.82) is 0 Å². The van der Waals surface area contributed by atoms with Crippen LogP contribution in [0.15, 0.2) is 0 Å². The van der Waals surface area contributed by atoms with Crippen molar-refractivity contribution in [3.8, 4) is 0 Å². The van der Waals surface area contributed by atoms with Crippen LogP contribution in [-0.2, 0) is 3.74 Å². The molecule has 0 heterocycles. The Morgan fingerprint density at radius 3 is 2.00 bits per heavy atom. The van der Waals surface area contributed by atoms with Crippen molar-refractivity contribution in [2.75, 3.05) is 0 Å². The van der Waals surface area contributed by atoms with E-state index in [-0.39, 0.29) is 0 Å². The quantitative estimate of drug-likeness (QED) is 0.533. The normalized spacial score (nSPS) is 11.0. The zero-order valence-electron chi connectivity index (χ0n) is 1.68. The first-order valence-electron chi connectivity index (χ1n) is 0.552. The Bertz CT molecular complexity index is 29.0. The van der Waals surface area contributed by atoms with E-state index in [1.54, 1.807) is 0 Å². The molecule has 0 aromatic carbocycles. The Balaban J connectivity index is 2.80. The maximum absolute atomic E-state index is 9.15. The molecule has 0 aromatic heterocycles. The van der Waals surface area contributed by atoms with E-state index in [2.05, 4.69) is 13.9 Å². The Labute approximate surface area is 35.2 Å². The average molecular weight is 188 g/mol. The molecule has 1 radical (unpaired) electrons. The molecule has 0 bridgehead atoms. The van der Waals surface area contributed by atoms with Gasteiger partial charge in [0.25, 0.3) is 0 Å². The minimum absolute atomic E-state index is 2.42. The first kappa shape index (κ1) is 4.80. The summed E-state index contributed by atoms with van der Waals surface area (Å²) in [4.78, 5) is 0. The molecule has 4 heteroatoms. The number of hydrogen-bond acceptors (Lipinski definition) is 1. The molecule has 0 aliphatic heterocycles. The molecule has 1 N–H and O–H groups in total. The van der Waals surface area contributed by atoms with Crippen molar-refractivity contribution in [3.63, 3.8) is 0 Å². The number of halogens is 1. The van der Waals surface area contributed by atoms with Crippen LogP contribution < -0.4 is 0 Å². The molecule has 0 aliphatic carbocycles. The summed E-state index contributed by atoms with van der Waals surface area (Å²) in [6, 6.07) is 0. The summed E-state index contributed by atoms with van der Waals surface area (Å²) in [5.74, 6) is 0. The van der Waals surface area contributed by atoms with Gasteiger partial charge in [0.15, 0.2) is 0 Å². The van der Waals surface area contributed by atoms with E-state index in [0.717, 1.165) is 0 Å². The van der Waals surface area contributed by atoms with Crippen LogP contribution in [0.4, 0.5) is 0 Å². The summed E-state index contributed by atoms with van der Waals surface area (Å²) in [6.07, 6.45) is 0. The van der Waals surface area contributed by atoms with Crippen LogP contribution in [0.25, 0.3) is 0 Å². The van der Waals surface area contributed by atoms with Gasteiger partial charge in [-0.3, -0.25) is 0 Å². The third-order valence-corrected chi connectivity index (χ3v) is 0. The molecule has 0 aliphatic rings. The van der Waals surface area contributed by atoms with Gasteiger partial charge >= 0.3 is 34.8 Å². The van der Waals surface area contributed by atoms with Gasteiger partial charge in [0.2, 0.25) is 0 Å². The van der Waals surface area contributed by atoms with Crippen LogP contribution in [0.5, 0.6) is 0 Å². The fourth-order valence-corrected chi connectivity index (χ4v) is 0. The molecule has 0 saturated heterocycles. The third kappa shape index (κ3) is 14.2. The van der Waals surface area contributed by atoms with Crippen molar-refractivity contribution < 1.29 is 7.84 Å². The molecule has 0 rings (SSSR count). The summed E-state index contributed by atoms with van der Waals surface area (Å²) >= 11 is -0.208. The summed E-state index contributed by atoms with van der Waals surface area (Å²) in [6.45, 7) is 0. The van der Waals surface area contributed by atoms with Crippen molar-refractivity contribution in [3.05, 3.63) is 0 Å². The van der Waals surface area contributed by atoms with Crippen molar-refractivity contribution in [2.45, 2.75) is 0 Å².